The highest BCUT2D eigenvalue weighted by Gasteiger charge is 2.49. The van der Waals surface area contributed by atoms with Crippen molar-refractivity contribution in [3.63, 3.8) is 0 Å². The van der Waals surface area contributed by atoms with E-state index in [1.165, 1.54) is 81.2 Å². The Hall–Kier alpha value is -13.3. The lowest BCUT2D eigenvalue weighted by molar-refractivity contribution is -0.152. The number of unbranched alkanes of at least 4 members (excludes halogenated alkanes) is 1. The predicted octanol–water partition coefficient (Wildman–Crippen LogP) is 1.67. The Kier molecular flexibility index (Phi) is 35.1. The van der Waals surface area contributed by atoms with E-state index in [2.05, 4.69) is 52.8 Å². The average Bonchev–Trinajstić information content (AvgIpc) is 1.33. The molecule has 696 valence electrons. The van der Waals surface area contributed by atoms with Crippen molar-refractivity contribution in [2.75, 3.05) is 52.3 Å². The Labute approximate surface area is 755 Å². The van der Waals surface area contributed by atoms with E-state index in [-0.39, 0.29) is 89.0 Å². The normalized spacial score (nSPS) is 25.3. The number of rotatable bonds is 22. The van der Waals surface area contributed by atoms with Crippen molar-refractivity contribution >= 4 is 123 Å². The number of carbonyl (C=O) groups excluding carboxylic acids is 15. The zero-order valence-electron chi connectivity index (χ0n) is 73.5. The van der Waals surface area contributed by atoms with Gasteiger partial charge in [0, 0.05) is 89.2 Å². The summed E-state index contributed by atoms with van der Waals surface area (Å²) in [6.45, 7) is 5.76. The Morgan fingerprint density at radius 3 is 1.61 bits per heavy atom. The van der Waals surface area contributed by atoms with E-state index in [9.17, 15) is 53.3 Å². The van der Waals surface area contributed by atoms with Gasteiger partial charge in [-0.3, -0.25) is 81.5 Å². The number of likely N-dealkylation sites (N-methyl/N-ethyl adjacent to an activating group) is 3. The maximum Gasteiger partial charge on any atom is 0.305 e. The summed E-state index contributed by atoms with van der Waals surface area (Å²) < 4.78 is 14.6. The first-order valence-electron chi connectivity index (χ1n) is 43.5. The molecule has 5 aromatic carbocycles. The number of aromatic amines is 1. The molecule has 1 aliphatic carbocycles. The lowest BCUT2D eigenvalue weighted by Gasteiger charge is -2.38. The Morgan fingerprint density at radius 2 is 1.02 bits per heavy atom. The zero-order chi connectivity index (χ0) is 94.3. The van der Waals surface area contributed by atoms with Crippen LogP contribution >= 0.6 is 11.8 Å². The molecule has 4 heterocycles. The van der Waals surface area contributed by atoms with Gasteiger partial charge in [0.2, 0.25) is 88.6 Å². The maximum atomic E-state index is 15.7. The van der Waals surface area contributed by atoms with Gasteiger partial charge >= 0.3 is 11.9 Å². The van der Waals surface area contributed by atoms with E-state index in [1.807, 2.05) is 6.92 Å². The molecule has 6 aromatic rings. The number of para-hydroxylation sites is 1. The number of nitrogens with two attached hydrogens (primary N) is 1. The molecule has 130 heavy (non-hydrogen) atoms. The molecule has 0 radical (unpaired) electrons. The molecule has 0 bridgehead atoms. The summed E-state index contributed by atoms with van der Waals surface area (Å²) in [5, 5.41) is 55.7. The smallest absolute Gasteiger partial charge is 0.305 e. The summed E-state index contributed by atoms with van der Waals surface area (Å²) in [7, 11) is 3.91. The van der Waals surface area contributed by atoms with Crippen molar-refractivity contribution in [3.8, 4) is 5.75 Å². The molecule has 4 aliphatic rings. The van der Waals surface area contributed by atoms with Crippen LogP contribution in [0.3, 0.4) is 0 Å². The molecule has 4 fully saturated rings. The monoisotopic (exact) mass is 1810 g/mol. The van der Waals surface area contributed by atoms with Crippen LogP contribution in [-0.4, -0.2) is 276 Å². The Morgan fingerprint density at radius 1 is 0.523 bits per heavy atom. The van der Waals surface area contributed by atoms with Crippen molar-refractivity contribution in [3.05, 3.63) is 173 Å². The number of carbonyl (C=O) groups is 17. The maximum absolute atomic E-state index is 15.7. The molecular weight excluding hydrogens is 1700 g/mol. The number of aromatic nitrogens is 1. The van der Waals surface area contributed by atoms with Gasteiger partial charge in [-0.2, -0.15) is 0 Å². The topological polar surface area (TPSA) is 517 Å². The molecule has 3 saturated heterocycles. The highest BCUT2D eigenvalue weighted by atomic mass is 32.2. The average molecular weight is 1820 g/mol. The van der Waals surface area contributed by atoms with Crippen LogP contribution in [0, 0.1) is 23.6 Å². The number of H-pyrrole nitrogens is 1. The number of hydrogen-bond acceptors (Lipinski definition) is 19. The van der Waals surface area contributed by atoms with E-state index < -0.39 is 228 Å². The van der Waals surface area contributed by atoms with Crippen molar-refractivity contribution < 1.29 is 101 Å². The highest BCUT2D eigenvalue weighted by molar-refractivity contribution is 8.00. The van der Waals surface area contributed by atoms with Crippen LogP contribution in [0.25, 0.3) is 10.9 Å². The van der Waals surface area contributed by atoms with Crippen LogP contribution in [0.5, 0.6) is 5.75 Å². The molecule has 15 amide bonds. The van der Waals surface area contributed by atoms with Gasteiger partial charge in [-0.15, -0.1) is 11.8 Å². The summed E-state index contributed by atoms with van der Waals surface area (Å²) in [6.07, 6.45) is -0.373. The molecule has 1 aromatic heterocycles. The minimum Gasteiger partial charge on any atom is -0.508 e. The Bertz CT molecular complexity index is 5110. The third kappa shape index (κ3) is 26.7. The van der Waals surface area contributed by atoms with Gasteiger partial charge in [-0.25, -0.2) is 4.39 Å². The number of amides is 15. The van der Waals surface area contributed by atoms with Gasteiger partial charge in [0.1, 0.15) is 90.1 Å². The number of carboxylic acid groups (broad SMARTS) is 2. The van der Waals surface area contributed by atoms with Crippen molar-refractivity contribution in [1.82, 2.24) is 77.3 Å². The summed E-state index contributed by atoms with van der Waals surface area (Å²) >= 11 is 0.791. The fourth-order valence-electron chi connectivity index (χ4n) is 16.7. The third-order valence-corrected chi connectivity index (χ3v) is 25.1. The SMILES string of the molecule is CCCC[C@H]1C(=O)N2CCC[C@@H]2C(=O)N[C@@H](CC(=O)O)C(=O)N[C@@H](C(C)C)C(=O)N(C)[C@@H](Cc2ccccc2)C(=O)N[C@@H](CC(=O)O)C(=O)N2CCC[C@@H]2C(=O)N[C@@H](Cc2c[nH]c3ccccc23)C(=O)N[C@@H](Cc2ccc(O)cc2)C(=O)N[C@@H](C2CC2C)C(=O)N[C@H](C(=O)NCC(N)=O)CSCC(=O)N[C@@H](Cc2ccc(F)cc2)C(=O)N(C)C(Cc2ccccc2)C(=O)N1C. The fourth-order valence-corrected chi connectivity index (χ4v) is 17.5. The second-order valence-corrected chi connectivity index (χ2v) is 35.0. The Balaban J connectivity index is 1.03. The first kappa shape index (κ1) is 98.9. The van der Waals surface area contributed by atoms with Gasteiger partial charge in [0.25, 0.3) is 0 Å². The van der Waals surface area contributed by atoms with Crippen LogP contribution in [-0.2, 0) is 114 Å². The first-order chi connectivity index (χ1) is 62.0. The second-order valence-electron chi connectivity index (χ2n) is 34.0. The van der Waals surface area contributed by atoms with E-state index in [1.54, 1.807) is 98.0 Å². The molecule has 15 N–H and O–H groups in total. The number of hydrogen-bond donors (Lipinski definition) is 14. The summed E-state index contributed by atoms with van der Waals surface area (Å²) in [4.78, 5) is 259. The summed E-state index contributed by atoms with van der Waals surface area (Å²) in [5.74, 6) is -20.7. The number of carboxylic acids is 2. The quantitative estimate of drug-likeness (QED) is 0.0460. The molecule has 36 nitrogen and oxygen atoms in total. The standard InChI is InChI=1S/C92H115FN16O20S/c1-8-9-26-71-91(128)109-38-19-28-70(109)85(122)100-65(45-76(113)114)83(120)103-78(51(2)3)92(129)106(6)72(42-53-20-12-10-13-21-53)86(123)101-67(46-77(115)116)89(126)108-37-18-27-69(108)84(121)99-64(44-57-47-95-62-25-17-16-24-60(57)62)81(118)98-63(40-56-31-35-59(110)36-32-56)82(119)104-79(61-39-52(61)4)87(124)102-68(80(117)96-48-74(94)111)49-130-50-75(112)97-66(41-55-29-33-58(93)34-30-55)88(125)107(7)73(90(127)105(71)5)43-54-22-14-11-15-23-54/h10-17,20-25,29-36,47,51-52,61,63-73,78-79,95,110H,8-9,18-19,26-28,37-46,48-50H2,1-7H3,(H2,94,111)(H,96,117)(H,97,112)(H,98,118)(H,99,121)(H,100,122)(H,101,123)(H,102,124)(H,103,120)(H,104,119)(H,113,114)(H,115,116)/t52?,61?,63-,64-,65-,66-,67-,68-,69+,70+,71-,72-,73?,78-,79-/m0/s1. The summed E-state index contributed by atoms with van der Waals surface area (Å²) in [6, 6.07) is 13.9. The van der Waals surface area contributed by atoms with Crippen LogP contribution in [0.1, 0.15) is 120 Å². The van der Waals surface area contributed by atoms with Crippen molar-refractivity contribution in [2.24, 2.45) is 23.5 Å². The van der Waals surface area contributed by atoms with Crippen LogP contribution in [0.2, 0.25) is 0 Å². The van der Waals surface area contributed by atoms with Crippen molar-refractivity contribution in [2.45, 2.75) is 203 Å². The molecule has 38 heteroatoms. The number of aliphatic carboxylic acids is 2. The van der Waals surface area contributed by atoms with Gasteiger partial charge < -0.3 is 98.4 Å². The zero-order valence-corrected chi connectivity index (χ0v) is 74.4. The highest BCUT2D eigenvalue weighted by Crippen LogP contribution is 2.41. The van der Waals surface area contributed by atoms with E-state index in [0.29, 0.717) is 58.0 Å². The molecular formula is C92H115FN16O20S. The predicted molar refractivity (Wildman–Crippen MR) is 474 cm³/mol. The lowest BCUT2D eigenvalue weighted by atomic mass is 9.98. The van der Waals surface area contributed by atoms with Crippen LogP contribution < -0.4 is 53.6 Å². The number of primary amides is 1. The first-order valence-corrected chi connectivity index (χ1v) is 44.7. The number of nitrogens with one attached hydrogen (secondary N) is 10. The number of halogens is 1. The largest absolute Gasteiger partial charge is 0.508 e. The molecule has 0 spiro atoms. The molecule has 15 atom stereocenters. The van der Waals surface area contributed by atoms with Gasteiger partial charge in [0.05, 0.1) is 25.1 Å². The minimum absolute atomic E-state index is 0.00991. The summed E-state index contributed by atoms with van der Waals surface area (Å²) in [5.41, 5.74) is 8.33. The van der Waals surface area contributed by atoms with Crippen molar-refractivity contribution in [1.29, 1.82) is 0 Å². The number of benzene rings is 5. The lowest BCUT2D eigenvalue weighted by Crippen LogP contribution is -2.62. The van der Waals surface area contributed by atoms with Gasteiger partial charge in [0.15, 0.2) is 0 Å². The third-order valence-electron chi connectivity index (χ3n) is 24.1. The molecule has 3 aliphatic heterocycles. The minimum atomic E-state index is -1.95. The number of phenols is 1. The second kappa shape index (κ2) is 46.1. The number of phenolic OH excluding ortho intramolecular Hbond substituents is 1. The van der Waals surface area contributed by atoms with Gasteiger partial charge in [-0.1, -0.05) is 144 Å². The number of aromatic hydroxyl groups is 1. The van der Waals surface area contributed by atoms with Crippen LogP contribution in [0.4, 0.5) is 4.39 Å². The molecule has 3 unspecified atom stereocenters. The number of fused-ring (bicyclic) bond motifs is 3. The molecule has 1 saturated carbocycles. The van der Waals surface area contributed by atoms with E-state index >= 15 is 47.9 Å². The number of nitrogens with zero attached hydrogens (tertiary/aromatic N) is 5. The van der Waals surface area contributed by atoms with Gasteiger partial charge in [-0.05, 0) is 114 Å². The fraction of sp³-hybridized carbons (Fsp3) is 0.467. The van der Waals surface area contributed by atoms with E-state index in [0.717, 1.165) is 38.6 Å². The number of thioether (sulfide) groups is 1. The molecule has 10 rings (SSSR count). The van der Waals surface area contributed by atoms with E-state index in [4.69, 9.17) is 5.73 Å². The van der Waals surface area contributed by atoms with Crippen LogP contribution in [0.15, 0.2) is 140 Å².